The van der Waals surface area contributed by atoms with Crippen LogP contribution in [0.4, 0.5) is 5.69 Å². The molecule has 1 N–H and O–H groups in total. The Morgan fingerprint density at radius 2 is 1.95 bits per heavy atom. The summed E-state index contributed by atoms with van der Waals surface area (Å²) in [5.41, 5.74) is 1.74. The second-order valence-corrected chi connectivity index (χ2v) is 7.69. The average molecular weight is 298 g/mol. The summed E-state index contributed by atoms with van der Waals surface area (Å²) < 4.78 is 0. The van der Waals surface area contributed by atoms with Gasteiger partial charge in [-0.15, -0.1) is 0 Å². The molecule has 1 nitrogen and oxygen atoms in total. The molecule has 2 bridgehead atoms. The first kappa shape index (κ1) is 13.6. The summed E-state index contributed by atoms with van der Waals surface area (Å²) in [7, 11) is 0. The number of anilines is 1. The molecule has 3 unspecified atom stereocenters. The molecule has 3 rings (SSSR count). The first-order valence-electron chi connectivity index (χ1n) is 7.07. The van der Waals surface area contributed by atoms with E-state index in [1.807, 2.05) is 18.2 Å². The molecular formula is C16H21Cl2N. The first-order chi connectivity index (χ1) is 8.86. The molecule has 104 valence electrons. The van der Waals surface area contributed by atoms with Crippen LogP contribution in [0.1, 0.15) is 40.0 Å². The van der Waals surface area contributed by atoms with Gasteiger partial charge in [0.15, 0.2) is 0 Å². The summed E-state index contributed by atoms with van der Waals surface area (Å²) in [5, 5.41) is 4.93. The summed E-state index contributed by atoms with van der Waals surface area (Å²) in [6, 6.07) is 6.31. The van der Waals surface area contributed by atoms with Crippen LogP contribution in [0.15, 0.2) is 18.2 Å². The molecule has 1 aromatic carbocycles. The molecular weight excluding hydrogens is 277 g/mol. The second kappa shape index (κ2) is 4.30. The van der Waals surface area contributed by atoms with Crippen molar-refractivity contribution in [1.82, 2.24) is 0 Å². The van der Waals surface area contributed by atoms with E-state index in [1.165, 1.54) is 19.3 Å². The third-order valence-electron chi connectivity index (χ3n) is 6.08. The van der Waals surface area contributed by atoms with Crippen molar-refractivity contribution in [3.05, 3.63) is 28.2 Å². The van der Waals surface area contributed by atoms with E-state index >= 15 is 0 Å². The zero-order valence-corrected chi connectivity index (χ0v) is 13.3. The van der Waals surface area contributed by atoms with E-state index in [-0.39, 0.29) is 0 Å². The van der Waals surface area contributed by atoms with Crippen molar-refractivity contribution >= 4 is 28.9 Å². The highest BCUT2D eigenvalue weighted by Crippen LogP contribution is 2.66. The Hall–Kier alpha value is -0.400. The van der Waals surface area contributed by atoms with Crippen molar-refractivity contribution in [2.45, 2.75) is 46.1 Å². The maximum absolute atomic E-state index is 6.30. The standard InChI is InChI=1S/C16H21Cl2N/c1-15(2)10-7-8-16(15,3)13(9-10)19-12-6-4-5-11(17)14(12)18/h4-6,10,13,19H,7-9H2,1-3H3. The van der Waals surface area contributed by atoms with Crippen LogP contribution in [0.25, 0.3) is 0 Å². The highest BCUT2D eigenvalue weighted by atomic mass is 35.5. The van der Waals surface area contributed by atoms with Gasteiger partial charge in [-0.1, -0.05) is 50.0 Å². The molecule has 2 aliphatic rings. The quantitative estimate of drug-likeness (QED) is 0.747. The lowest BCUT2D eigenvalue weighted by Gasteiger charge is -2.40. The summed E-state index contributed by atoms with van der Waals surface area (Å²) >= 11 is 12.4. The summed E-state index contributed by atoms with van der Waals surface area (Å²) in [4.78, 5) is 0. The van der Waals surface area contributed by atoms with Gasteiger partial charge in [0.2, 0.25) is 0 Å². The molecule has 2 aliphatic carbocycles. The maximum atomic E-state index is 6.30. The van der Waals surface area contributed by atoms with E-state index in [0.717, 1.165) is 11.6 Å². The smallest absolute Gasteiger partial charge is 0.0823 e. The van der Waals surface area contributed by atoms with Gasteiger partial charge in [0.1, 0.15) is 0 Å². The van der Waals surface area contributed by atoms with Crippen LogP contribution >= 0.6 is 23.2 Å². The number of benzene rings is 1. The van der Waals surface area contributed by atoms with Gasteiger partial charge in [-0.05, 0) is 48.1 Å². The monoisotopic (exact) mass is 297 g/mol. The highest BCUT2D eigenvalue weighted by Gasteiger charge is 2.61. The fraction of sp³-hybridized carbons (Fsp3) is 0.625. The van der Waals surface area contributed by atoms with Crippen LogP contribution in [0.5, 0.6) is 0 Å². The van der Waals surface area contributed by atoms with Crippen molar-refractivity contribution in [1.29, 1.82) is 0 Å². The van der Waals surface area contributed by atoms with E-state index < -0.39 is 0 Å². The molecule has 0 aliphatic heterocycles. The summed E-state index contributed by atoms with van der Waals surface area (Å²) in [6.45, 7) is 7.27. The molecule has 0 radical (unpaired) electrons. The van der Waals surface area contributed by atoms with Crippen LogP contribution in [0, 0.1) is 16.7 Å². The van der Waals surface area contributed by atoms with Crippen LogP contribution in [0.3, 0.4) is 0 Å². The van der Waals surface area contributed by atoms with Crippen LogP contribution in [0.2, 0.25) is 10.0 Å². The highest BCUT2D eigenvalue weighted by molar-refractivity contribution is 6.43. The molecule has 0 heterocycles. The minimum atomic E-state index is 0.351. The lowest BCUT2D eigenvalue weighted by molar-refractivity contribution is 0.142. The van der Waals surface area contributed by atoms with Crippen molar-refractivity contribution in [3.63, 3.8) is 0 Å². The summed E-state index contributed by atoms with van der Waals surface area (Å²) in [5.74, 6) is 0.827. The van der Waals surface area contributed by atoms with Crippen LogP contribution in [-0.4, -0.2) is 6.04 Å². The minimum absolute atomic E-state index is 0.351. The molecule has 0 aromatic heterocycles. The Kier molecular flexibility index (Phi) is 3.07. The zero-order chi connectivity index (χ0) is 13.8. The minimum Gasteiger partial charge on any atom is -0.380 e. The molecule has 0 amide bonds. The van der Waals surface area contributed by atoms with Gasteiger partial charge in [-0.3, -0.25) is 0 Å². The molecule has 0 spiro atoms. The van der Waals surface area contributed by atoms with Gasteiger partial charge in [0, 0.05) is 6.04 Å². The predicted octanol–water partition coefficient (Wildman–Crippen LogP) is 5.62. The van der Waals surface area contributed by atoms with Crippen LogP contribution < -0.4 is 5.32 Å². The van der Waals surface area contributed by atoms with E-state index in [2.05, 4.69) is 26.1 Å². The van der Waals surface area contributed by atoms with Gasteiger partial charge < -0.3 is 5.32 Å². The SMILES string of the molecule is CC1(C)C2CCC1(C)C(Nc1cccc(Cl)c1Cl)C2. The summed E-state index contributed by atoms with van der Waals surface area (Å²) in [6.07, 6.45) is 3.91. The maximum Gasteiger partial charge on any atom is 0.0823 e. The predicted molar refractivity (Wildman–Crippen MR) is 83.1 cm³/mol. The Labute approximate surface area is 125 Å². The molecule has 3 heteroatoms. The van der Waals surface area contributed by atoms with Crippen molar-refractivity contribution in [3.8, 4) is 0 Å². The second-order valence-electron chi connectivity index (χ2n) is 6.91. The molecule has 2 saturated carbocycles. The number of hydrogen-bond acceptors (Lipinski definition) is 1. The number of fused-ring (bicyclic) bond motifs is 2. The van der Waals surface area contributed by atoms with E-state index in [0.29, 0.717) is 26.9 Å². The van der Waals surface area contributed by atoms with Gasteiger partial charge >= 0.3 is 0 Å². The van der Waals surface area contributed by atoms with Gasteiger partial charge in [-0.25, -0.2) is 0 Å². The topological polar surface area (TPSA) is 12.0 Å². The average Bonchev–Trinajstić information content (AvgIpc) is 2.68. The Balaban J connectivity index is 1.88. The molecule has 19 heavy (non-hydrogen) atoms. The number of halogens is 2. The Bertz CT molecular complexity index is 511. The zero-order valence-electron chi connectivity index (χ0n) is 11.8. The third kappa shape index (κ3) is 1.81. The Morgan fingerprint density at radius 3 is 2.53 bits per heavy atom. The molecule has 3 atom stereocenters. The fourth-order valence-corrected chi connectivity index (χ4v) is 4.58. The van der Waals surface area contributed by atoms with Gasteiger partial charge in [0.25, 0.3) is 0 Å². The van der Waals surface area contributed by atoms with E-state index in [9.17, 15) is 0 Å². The number of hydrogen-bond donors (Lipinski definition) is 1. The van der Waals surface area contributed by atoms with E-state index in [4.69, 9.17) is 23.2 Å². The third-order valence-corrected chi connectivity index (χ3v) is 6.89. The lowest BCUT2D eigenvalue weighted by Crippen LogP contribution is -2.40. The van der Waals surface area contributed by atoms with E-state index in [1.54, 1.807) is 0 Å². The molecule has 1 aromatic rings. The van der Waals surface area contributed by atoms with Crippen molar-refractivity contribution in [2.75, 3.05) is 5.32 Å². The fourth-order valence-electron chi connectivity index (χ4n) is 4.22. The van der Waals surface area contributed by atoms with Crippen molar-refractivity contribution in [2.24, 2.45) is 16.7 Å². The van der Waals surface area contributed by atoms with Crippen LogP contribution in [-0.2, 0) is 0 Å². The lowest BCUT2D eigenvalue weighted by atomic mass is 9.69. The molecule has 2 fully saturated rings. The first-order valence-corrected chi connectivity index (χ1v) is 7.82. The number of rotatable bonds is 2. The van der Waals surface area contributed by atoms with Crippen molar-refractivity contribution < 1.29 is 0 Å². The Morgan fingerprint density at radius 1 is 1.21 bits per heavy atom. The van der Waals surface area contributed by atoms with Gasteiger partial charge in [0.05, 0.1) is 15.7 Å². The largest absolute Gasteiger partial charge is 0.380 e. The van der Waals surface area contributed by atoms with Gasteiger partial charge in [-0.2, -0.15) is 0 Å². The number of nitrogens with one attached hydrogen (secondary N) is 1. The molecule has 0 saturated heterocycles. The normalized spacial score (nSPS) is 35.6.